The zero-order valence-corrected chi connectivity index (χ0v) is 25.3. The Hall–Kier alpha value is -2.58. The van der Waals surface area contributed by atoms with Gasteiger partial charge in [0, 0.05) is 11.3 Å². The Morgan fingerprint density at radius 3 is 1.75 bits per heavy atom. The Kier molecular flexibility index (Phi) is 17.1. The molecule has 1 N–H and O–H groups in total. The zero-order chi connectivity index (χ0) is 28.9. The minimum absolute atomic E-state index is 0.156. The van der Waals surface area contributed by atoms with Crippen molar-refractivity contribution in [3.63, 3.8) is 0 Å². The van der Waals surface area contributed by atoms with Crippen LogP contribution in [0.25, 0.3) is 0 Å². The molecule has 0 saturated carbocycles. The van der Waals surface area contributed by atoms with Crippen LogP contribution < -0.4 is 14.8 Å². The van der Waals surface area contributed by atoms with Crippen LogP contribution in [-0.2, 0) is 25.7 Å². The summed E-state index contributed by atoms with van der Waals surface area (Å²) in [6.45, 7) is 2.63. The molecule has 0 unspecified atom stereocenters. The van der Waals surface area contributed by atoms with Crippen molar-refractivity contribution < 1.29 is 26.9 Å². The predicted molar refractivity (Wildman–Crippen MR) is 162 cm³/mol. The van der Waals surface area contributed by atoms with Gasteiger partial charge in [-0.05, 0) is 36.8 Å². The van der Waals surface area contributed by atoms with Crippen molar-refractivity contribution in [2.24, 2.45) is 0 Å². The third-order valence-electron chi connectivity index (χ3n) is 6.68. The van der Waals surface area contributed by atoms with E-state index in [2.05, 4.69) is 12.2 Å². The van der Waals surface area contributed by atoms with Crippen molar-refractivity contribution >= 4 is 21.7 Å². The number of para-hydroxylation sites is 1. The molecule has 0 radical (unpaired) electrons. The fraction of sp³-hybridized carbons (Fsp3) is 0.594. The molecule has 2 rings (SSSR count). The monoisotopic (exact) mass is 575 g/mol. The number of benzene rings is 2. The molecule has 0 aliphatic heterocycles. The normalized spacial score (nSPS) is 11.3. The van der Waals surface area contributed by atoms with E-state index in [9.17, 15) is 13.2 Å². The molecule has 7 nitrogen and oxygen atoms in total. The van der Waals surface area contributed by atoms with Gasteiger partial charge in [-0.1, -0.05) is 109 Å². The average Bonchev–Trinajstić information content (AvgIpc) is 2.94. The summed E-state index contributed by atoms with van der Waals surface area (Å²) in [6.07, 6.45) is 19.7. The number of unbranched alkanes of at least 4 members (excludes halogenated alkanes) is 13. The standard InChI is InChI=1S/C32H49NO6S/c1-3-4-5-6-7-8-9-10-11-12-13-14-15-18-25-37-29-21-23-30(24-22-29)38-27-32(34)33-31-20-17-16-19-28(31)26-39-40(2,35)36/h16-17,19-24H,3-15,18,25-27H2,1-2H3,(H,33,34). The molecule has 0 aliphatic carbocycles. The molecule has 0 aromatic heterocycles. The van der Waals surface area contributed by atoms with Crippen molar-refractivity contribution in [3.05, 3.63) is 54.1 Å². The molecule has 0 fully saturated rings. The first-order chi connectivity index (χ1) is 19.4. The number of nitrogens with one attached hydrogen (secondary N) is 1. The van der Waals surface area contributed by atoms with E-state index in [4.69, 9.17) is 13.7 Å². The van der Waals surface area contributed by atoms with E-state index in [1.807, 2.05) is 12.1 Å². The van der Waals surface area contributed by atoms with Gasteiger partial charge in [0.15, 0.2) is 6.61 Å². The van der Waals surface area contributed by atoms with Gasteiger partial charge < -0.3 is 14.8 Å². The topological polar surface area (TPSA) is 90.9 Å². The van der Waals surface area contributed by atoms with E-state index in [0.29, 0.717) is 23.6 Å². The fourth-order valence-corrected chi connectivity index (χ4v) is 4.73. The van der Waals surface area contributed by atoms with Crippen LogP contribution in [0.3, 0.4) is 0 Å². The number of hydrogen-bond donors (Lipinski definition) is 1. The first-order valence-electron chi connectivity index (χ1n) is 14.9. The lowest BCUT2D eigenvalue weighted by molar-refractivity contribution is -0.118. The molecular formula is C32H49NO6S. The quantitative estimate of drug-likeness (QED) is 0.106. The second kappa shape index (κ2) is 20.3. The molecule has 224 valence electrons. The summed E-state index contributed by atoms with van der Waals surface area (Å²) in [6, 6.07) is 14.1. The van der Waals surface area contributed by atoms with Crippen LogP contribution in [0.4, 0.5) is 5.69 Å². The second-order valence-electron chi connectivity index (χ2n) is 10.4. The van der Waals surface area contributed by atoms with E-state index < -0.39 is 10.1 Å². The summed E-state index contributed by atoms with van der Waals surface area (Å²) in [5.74, 6) is 0.990. The van der Waals surface area contributed by atoms with Crippen molar-refractivity contribution in [1.82, 2.24) is 0 Å². The van der Waals surface area contributed by atoms with Gasteiger partial charge in [0.1, 0.15) is 11.5 Å². The highest BCUT2D eigenvalue weighted by atomic mass is 32.2. The van der Waals surface area contributed by atoms with Gasteiger partial charge in [-0.3, -0.25) is 8.98 Å². The van der Waals surface area contributed by atoms with Crippen LogP contribution in [0.2, 0.25) is 0 Å². The molecular weight excluding hydrogens is 526 g/mol. The van der Waals surface area contributed by atoms with Crippen molar-refractivity contribution in [3.8, 4) is 11.5 Å². The van der Waals surface area contributed by atoms with Crippen LogP contribution >= 0.6 is 0 Å². The number of rotatable bonds is 23. The molecule has 0 bridgehead atoms. The first-order valence-corrected chi connectivity index (χ1v) is 16.8. The Bertz CT molecular complexity index is 1060. The first kappa shape index (κ1) is 33.6. The average molecular weight is 576 g/mol. The SMILES string of the molecule is CCCCCCCCCCCCCCCCOc1ccc(OCC(=O)Nc2ccccc2COS(C)(=O)=O)cc1. The number of carbonyl (C=O) groups excluding carboxylic acids is 1. The van der Waals surface area contributed by atoms with Gasteiger partial charge in [0.05, 0.1) is 19.5 Å². The highest BCUT2D eigenvalue weighted by Crippen LogP contribution is 2.20. The molecule has 0 heterocycles. The van der Waals surface area contributed by atoms with E-state index in [1.54, 1.807) is 36.4 Å². The summed E-state index contributed by atoms with van der Waals surface area (Å²) in [5, 5.41) is 2.74. The third kappa shape index (κ3) is 16.5. The largest absolute Gasteiger partial charge is 0.494 e. The van der Waals surface area contributed by atoms with Crippen molar-refractivity contribution in [1.29, 1.82) is 0 Å². The van der Waals surface area contributed by atoms with Gasteiger partial charge in [-0.15, -0.1) is 0 Å². The molecule has 0 atom stereocenters. The van der Waals surface area contributed by atoms with E-state index >= 15 is 0 Å². The van der Waals surface area contributed by atoms with Crippen LogP contribution in [0.1, 0.15) is 102 Å². The third-order valence-corrected chi connectivity index (χ3v) is 7.23. The maximum absolute atomic E-state index is 12.4. The summed E-state index contributed by atoms with van der Waals surface area (Å²) < 4.78 is 38.8. The number of hydrogen-bond acceptors (Lipinski definition) is 6. The number of carbonyl (C=O) groups is 1. The molecule has 0 aliphatic rings. The van der Waals surface area contributed by atoms with E-state index in [1.165, 1.54) is 83.5 Å². The number of ether oxygens (including phenoxy) is 2. The predicted octanol–water partition coefficient (Wildman–Crippen LogP) is 8.04. The lowest BCUT2D eigenvalue weighted by atomic mass is 10.0. The van der Waals surface area contributed by atoms with E-state index in [-0.39, 0.29) is 19.1 Å². The van der Waals surface area contributed by atoms with Gasteiger partial charge in [-0.2, -0.15) is 8.42 Å². The molecule has 2 aromatic rings. The minimum Gasteiger partial charge on any atom is -0.494 e. The van der Waals surface area contributed by atoms with Crippen LogP contribution in [-0.4, -0.2) is 33.8 Å². The lowest BCUT2D eigenvalue weighted by Crippen LogP contribution is -2.21. The molecule has 1 amide bonds. The van der Waals surface area contributed by atoms with Gasteiger partial charge in [-0.25, -0.2) is 0 Å². The van der Waals surface area contributed by atoms with E-state index in [0.717, 1.165) is 18.4 Å². The maximum atomic E-state index is 12.4. The highest BCUT2D eigenvalue weighted by Gasteiger charge is 2.10. The summed E-state index contributed by atoms with van der Waals surface area (Å²) in [4.78, 5) is 12.4. The Balaban J connectivity index is 1.52. The highest BCUT2D eigenvalue weighted by molar-refractivity contribution is 7.85. The summed E-state index contributed by atoms with van der Waals surface area (Å²) >= 11 is 0. The lowest BCUT2D eigenvalue weighted by Gasteiger charge is -2.12. The van der Waals surface area contributed by atoms with Crippen LogP contribution in [0.5, 0.6) is 11.5 Å². The number of anilines is 1. The molecule has 8 heteroatoms. The fourth-order valence-electron chi connectivity index (χ4n) is 4.39. The Morgan fingerprint density at radius 2 is 1.20 bits per heavy atom. The van der Waals surface area contributed by atoms with Crippen molar-refractivity contribution in [2.75, 3.05) is 24.8 Å². The molecule has 0 saturated heterocycles. The summed E-state index contributed by atoms with van der Waals surface area (Å²) in [7, 11) is -3.58. The minimum atomic E-state index is -3.58. The van der Waals surface area contributed by atoms with Gasteiger partial charge in [0.2, 0.25) is 0 Å². The maximum Gasteiger partial charge on any atom is 0.264 e. The van der Waals surface area contributed by atoms with Crippen molar-refractivity contribution in [2.45, 2.75) is 103 Å². The Morgan fingerprint density at radius 1 is 0.700 bits per heavy atom. The molecule has 40 heavy (non-hydrogen) atoms. The molecule has 2 aromatic carbocycles. The number of amides is 1. The van der Waals surface area contributed by atoms with Crippen LogP contribution in [0.15, 0.2) is 48.5 Å². The van der Waals surface area contributed by atoms with Gasteiger partial charge in [0.25, 0.3) is 16.0 Å². The van der Waals surface area contributed by atoms with Crippen LogP contribution in [0, 0.1) is 0 Å². The zero-order valence-electron chi connectivity index (χ0n) is 24.5. The van der Waals surface area contributed by atoms with Gasteiger partial charge >= 0.3 is 0 Å². The molecule has 0 spiro atoms. The Labute approximate surface area is 242 Å². The second-order valence-corrected chi connectivity index (χ2v) is 12.0. The smallest absolute Gasteiger partial charge is 0.264 e. The summed E-state index contributed by atoms with van der Waals surface area (Å²) in [5.41, 5.74) is 1.04.